The molecule has 2 heterocycles. The van der Waals surface area contributed by atoms with Crippen LogP contribution in [0.3, 0.4) is 0 Å². The third-order valence-corrected chi connectivity index (χ3v) is 5.94. The van der Waals surface area contributed by atoms with E-state index in [1.807, 2.05) is 31.2 Å². The van der Waals surface area contributed by atoms with Crippen molar-refractivity contribution in [3.63, 3.8) is 0 Å². The Morgan fingerprint density at radius 3 is 2.57 bits per heavy atom. The van der Waals surface area contributed by atoms with E-state index in [2.05, 4.69) is 10.6 Å². The second-order valence-electron chi connectivity index (χ2n) is 9.45. The van der Waals surface area contributed by atoms with Crippen molar-refractivity contribution < 1.29 is 26.9 Å². The number of aromatic nitrogens is 1. The van der Waals surface area contributed by atoms with E-state index in [1.54, 1.807) is 26.8 Å². The van der Waals surface area contributed by atoms with Crippen molar-refractivity contribution in [3.8, 4) is 17.0 Å². The van der Waals surface area contributed by atoms with Crippen molar-refractivity contribution in [1.29, 1.82) is 0 Å². The first-order valence-corrected chi connectivity index (χ1v) is 13.1. The van der Waals surface area contributed by atoms with Crippen LogP contribution in [0.15, 0.2) is 36.4 Å². The number of fused-ring (bicyclic) bond motifs is 2. The fourth-order valence-electron chi connectivity index (χ4n) is 4.12. The van der Waals surface area contributed by atoms with Gasteiger partial charge in [-0.15, -0.1) is 0 Å². The quantitative estimate of drug-likeness (QED) is 0.496. The van der Waals surface area contributed by atoms with Gasteiger partial charge in [0.05, 0.1) is 23.0 Å². The smallest absolute Gasteiger partial charge is 0.419 e. The first-order valence-electron chi connectivity index (χ1n) is 11.3. The molecule has 0 saturated heterocycles. The number of ether oxygens (including phenoxy) is 1. The lowest BCUT2D eigenvalue weighted by atomic mass is 9.99. The molecular weight excluding hydrogens is 470 g/mol. The predicted molar refractivity (Wildman–Crippen MR) is 133 cm³/mol. The number of nitrogens with one attached hydrogen (secondary N) is 2. The Balaban J connectivity index is 1.94. The van der Waals surface area contributed by atoms with Crippen molar-refractivity contribution in [2.24, 2.45) is 0 Å². The van der Waals surface area contributed by atoms with Crippen LogP contribution in [0.25, 0.3) is 22.2 Å². The molecule has 2 aromatic carbocycles. The normalized spacial score (nSPS) is 13.6. The van der Waals surface area contributed by atoms with Crippen molar-refractivity contribution in [1.82, 2.24) is 15.2 Å². The lowest BCUT2D eigenvalue weighted by molar-refractivity contribution is 0.0547. The van der Waals surface area contributed by atoms with Crippen LogP contribution in [0, 0.1) is 0 Å². The number of rotatable bonds is 6. The fraction of sp³-hybridized carbons (Fsp3) is 0.360. The van der Waals surface area contributed by atoms with Gasteiger partial charge in [-0.25, -0.2) is 9.36 Å². The van der Waals surface area contributed by atoms with Crippen molar-refractivity contribution >= 4 is 33.0 Å². The van der Waals surface area contributed by atoms with Crippen LogP contribution in [-0.4, -0.2) is 43.4 Å². The Morgan fingerprint density at radius 1 is 1.17 bits per heavy atom. The topological polar surface area (TPSA) is 116 Å². The van der Waals surface area contributed by atoms with Gasteiger partial charge in [0.25, 0.3) is 5.91 Å². The summed E-state index contributed by atoms with van der Waals surface area (Å²) in [6, 6.07) is 10.7. The number of carbonyl (C=O) groups excluding carboxylic acids is 2. The maximum Gasteiger partial charge on any atom is 0.419 e. The van der Waals surface area contributed by atoms with Crippen molar-refractivity contribution in [3.05, 3.63) is 53.1 Å². The molecular formula is C25H29N3O6S. The number of benzene rings is 2. The lowest BCUT2D eigenvalue weighted by Gasteiger charge is -2.21. The van der Waals surface area contributed by atoms with Crippen LogP contribution in [0.5, 0.6) is 5.75 Å². The standard InChI is InChI=1S/C25H29N3O6S/c1-6-26-13-15-7-9-19-16(11-15)12-20(28(19)24(30)33-25(2,3)4)17-8-10-21(34-35(5,31)32)18-14-27-23(29)22(17)18/h7-12,26H,6,13-14H2,1-5H3,(H,27,29). The zero-order chi connectivity index (χ0) is 25.5. The Bertz CT molecular complexity index is 1430. The summed E-state index contributed by atoms with van der Waals surface area (Å²) in [6.07, 6.45) is 0.369. The van der Waals surface area contributed by atoms with Crippen LogP contribution in [0.1, 0.15) is 49.2 Å². The summed E-state index contributed by atoms with van der Waals surface area (Å²) in [6.45, 7) is 9.00. The van der Waals surface area contributed by atoms with E-state index in [0.29, 0.717) is 28.9 Å². The van der Waals surface area contributed by atoms with E-state index in [9.17, 15) is 18.0 Å². The second kappa shape index (κ2) is 9.01. The summed E-state index contributed by atoms with van der Waals surface area (Å²) in [5.41, 5.74) is 2.59. The van der Waals surface area contributed by atoms with Crippen molar-refractivity contribution in [2.75, 3.05) is 12.8 Å². The number of hydrogen-bond acceptors (Lipinski definition) is 7. The Morgan fingerprint density at radius 2 is 1.91 bits per heavy atom. The van der Waals surface area contributed by atoms with Gasteiger partial charge in [0.2, 0.25) is 0 Å². The third kappa shape index (κ3) is 5.18. The number of nitrogens with zero attached hydrogens (tertiary/aromatic N) is 1. The first kappa shape index (κ1) is 24.7. The molecule has 4 rings (SSSR count). The minimum absolute atomic E-state index is 0.0810. The molecule has 1 aromatic heterocycles. The maximum atomic E-state index is 13.3. The highest BCUT2D eigenvalue weighted by Gasteiger charge is 2.31. The highest BCUT2D eigenvalue weighted by atomic mass is 32.2. The van der Waals surface area contributed by atoms with Gasteiger partial charge in [0.15, 0.2) is 0 Å². The van der Waals surface area contributed by atoms with E-state index in [1.165, 1.54) is 10.6 Å². The minimum Gasteiger partial charge on any atom is -0.443 e. The minimum atomic E-state index is -3.79. The molecule has 2 N–H and O–H groups in total. The van der Waals surface area contributed by atoms with Gasteiger partial charge in [-0.05, 0) is 63.2 Å². The maximum absolute atomic E-state index is 13.3. The highest BCUT2D eigenvalue weighted by Crippen LogP contribution is 2.38. The van der Waals surface area contributed by atoms with Gasteiger partial charge < -0.3 is 19.6 Å². The van der Waals surface area contributed by atoms with Crippen LogP contribution in [-0.2, 0) is 27.9 Å². The Labute approximate surface area is 204 Å². The molecule has 0 spiro atoms. The van der Waals surface area contributed by atoms with Crippen molar-refractivity contribution in [2.45, 2.75) is 46.4 Å². The summed E-state index contributed by atoms with van der Waals surface area (Å²) in [4.78, 5) is 26.2. The molecule has 3 aromatic rings. The molecule has 0 unspecified atom stereocenters. The molecule has 186 valence electrons. The predicted octanol–water partition coefficient (Wildman–Crippen LogP) is 3.78. The van der Waals surface area contributed by atoms with E-state index in [0.717, 1.165) is 23.8 Å². The number of carbonyl (C=O) groups is 2. The molecule has 1 aliphatic heterocycles. The van der Waals surface area contributed by atoms with Crippen LogP contribution >= 0.6 is 0 Å². The summed E-state index contributed by atoms with van der Waals surface area (Å²) < 4.78 is 35.7. The van der Waals surface area contributed by atoms with Gasteiger partial charge in [-0.2, -0.15) is 8.42 Å². The summed E-state index contributed by atoms with van der Waals surface area (Å²) in [7, 11) is -3.79. The van der Waals surface area contributed by atoms with Gasteiger partial charge in [0, 0.05) is 29.6 Å². The molecule has 35 heavy (non-hydrogen) atoms. The molecule has 0 radical (unpaired) electrons. The zero-order valence-corrected chi connectivity index (χ0v) is 21.2. The first-order chi connectivity index (χ1) is 16.4. The number of hydrogen-bond donors (Lipinski definition) is 2. The monoisotopic (exact) mass is 499 g/mol. The molecule has 0 saturated carbocycles. The SMILES string of the molecule is CCNCc1ccc2c(c1)cc(-c1ccc(OS(C)(=O)=O)c3c1C(=O)NC3)n2C(=O)OC(C)(C)C. The Hall–Kier alpha value is -3.37. The molecule has 1 aliphatic rings. The van der Waals surface area contributed by atoms with E-state index >= 15 is 0 Å². The molecule has 9 nitrogen and oxygen atoms in total. The molecule has 0 atom stereocenters. The van der Waals surface area contributed by atoms with Gasteiger partial charge in [0.1, 0.15) is 11.4 Å². The van der Waals surface area contributed by atoms with Crippen LogP contribution < -0.4 is 14.8 Å². The average molecular weight is 500 g/mol. The van der Waals surface area contributed by atoms with Crippen LogP contribution in [0.4, 0.5) is 4.79 Å². The van der Waals surface area contributed by atoms with E-state index in [-0.39, 0.29) is 23.8 Å². The van der Waals surface area contributed by atoms with Gasteiger partial charge in [-0.3, -0.25) is 4.79 Å². The molecule has 1 amide bonds. The second-order valence-corrected chi connectivity index (χ2v) is 11.0. The Kier molecular flexibility index (Phi) is 6.37. The lowest BCUT2D eigenvalue weighted by Crippen LogP contribution is -2.27. The summed E-state index contributed by atoms with van der Waals surface area (Å²) in [5.74, 6) is -0.291. The summed E-state index contributed by atoms with van der Waals surface area (Å²) in [5, 5.41) is 6.82. The highest BCUT2D eigenvalue weighted by molar-refractivity contribution is 7.86. The molecule has 0 aliphatic carbocycles. The fourth-order valence-corrected chi connectivity index (χ4v) is 4.60. The largest absolute Gasteiger partial charge is 0.443 e. The molecule has 10 heteroatoms. The van der Waals surface area contributed by atoms with Gasteiger partial charge >= 0.3 is 16.2 Å². The average Bonchev–Trinajstić information content (AvgIpc) is 3.31. The molecule has 0 bridgehead atoms. The van der Waals surface area contributed by atoms with Gasteiger partial charge in [-0.1, -0.05) is 13.0 Å². The van der Waals surface area contributed by atoms with E-state index < -0.39 is 21.8 Å². The van der Waals surface area contributed by atoms with E-state index in [4.69, 9.17) is 8.92 Å². The number of amides is 1. The zero-order valence-electron chi connectivity index (χ0n) is 20.4. The summed E-state index contributed by atoms with van der Waals surface area (Å²) >= 11 is 0. The molecule has 0 fully saturated rings. The third-order valence-electron chi connectivity index (χ3n) is 5.46. The van der Waals surface area contributed by atoms with Crippen LogP contribution in [0.2, 0.25) is 0 Å².